The fourth-order valence-electron chi connectivity index (χ4n) is 1.61. The predicted molar refractivity (Wildman–Crippen MR) is 37.7 cm³/mol. The average molecular weight is 144 g/mol. The zero-order valence-electron chi connectivity index (χ0n) is 6.02. The van der Waals surface area contributed by atoms with Crippen LogP contribution in [0.1, 0.15) is 6.42 Å². The third kappa shape index (κ3) is 1.04. The van der Waals surface area contributed by atoms with Crippen LogP contribution in [0.25, 0.3) is 0 Å². The summed E-state index contributed by atoms with van der Waals surface area (Å²) in [5.74, 6) is 0. The number of halogens is 1. The maximum atomic E-state index is 12.6. The van der Waals surface area contributed by atoms with Crippen LogP contribution in [0, 0.1) is 0 Å². The topological polar surface area (TPSA) is 15.3 Å². The lowest BCUT2D eigenvalue weighted by Crippen LogP contribution is -2.56. The van der Waals surface area contributed by atoms with Crippen LogP contribution in [0.5, 0.6) is 0 Å². The Morgan fingerprint density at radius 3 is 2.60 bits per heavy atom. The Labute approximate surface area is 60.4 Å². The number of hydrogen-bond donors (Lipinski definition) is 1. The van der Waals surface area contributed by atoms with Gasteiger partial charge in [0.2, 0.25) is 0 Å². The molecule has 1 unspecified atom stereocenters. The third-order valence-corrected chi connectivity index (χ3v) is 2.44. The van der Waals surface area contributed by atoms with E-state index >= 15 is 0 Å². The molecular formula is C7H13FN2. The van der Waals surface area contributed by atoms with Crippen molar-refractivity contribution in [1.82, 2.24) is 10.2 Å². The van der Waals surface area contributed by atoms with E-state index in [1.54, 1.807) is 0 Å². The molecule has 2 saturated heterocycles. The first-order chi connectivity index (χ1) is 4.86. The van der Waals surface area contributed by atoms with Gasteiger partial charge in [-0.05, 0) is 6.42 Å². The molecule has 0 amide bonds. The summed E-state index contributed by atoms with van der Waals surface area (Å²) in [5, 5.41) is 3.19. The minimum atomic E-state index is -0.555. The highest BCUT2D eigenvalue weighted by molar-refractivity contribution is 4.89. The van der Waals surface area contributed by atoms with Gasteiger partial charge in [-0.2, -0.15) is 0 Å². The highest BCUT2D eigenvalue weighted by atomic mass is 19.1. The lowest BCUT2D eigenvalue weighted by molar-refractivity contribution is 0.167. The van der Waals surface area contributed by atoms with Crippen LogP contribution in [0.4, 0.5) is 4.39 Å². The van der Waals surface area contributed by atoms with Gasteiger partial charge in [0.1, 0.15) is 6.17 Å². The molecule has 0 aliphatic carbocycles. The summed E-state index contributed by atoms with van der Waals surface area (Å²) in [6.07, 6.45) is 0.192. The molecule has 2 heterocycles. The molecule has 0 bridgehead atoms. The normalized spacial score (nSPS) is 36.3. The van der Waals surface area contributed by atoms with Gasteiger partial charge < -0.3 is 5.32 Å². The molecule has 1 N–H and O–H groups in total. The second kappa shape index (κ2) is 2.47. The molecule has 0 aromatic heterocycles. The molecular weight excluding hydrogens is 131 g/mol. The van der Waals surface area contributed by atoms with E-state index < -0.39 is 6.17 Å². The molecule has 0 saturated carbocycles. The number of likely N-dealkylation sites (tertiary alicyclic amines) is 1. The number of alkyl halides is 1. The van der Waals surface area contributed by atoms with Crippen LogP contribution in [-0.4, -0.2) is 43.3 Å². The summed E-state index contributed by atoms with van der Waals surface area (Å²) in [7, 11) is 0. The molecule has 2 rings (SSSR count). The van der Waals surface area contributed by atoms with Crippen LogP contribution in [0.2, 0.25) is 0 Å². The number of nitrogens with one attached hydrogen (secondary N) is 1. The standard InChI is InChI=1S/C7H13FN2/c8-6-1-2-10(5-6)7-3-9-4-7/h6-7,9H,1-5H2. The molecule has 10 heavy (non-hydrogen) atoms. The Morgan fingerprint density at radius 2 is 2.20 bits per heavy atom. The van der Waals surface area contributed by atoms with E-state index in [0.29, 0.717) is 12.6 Å². The van der Waals surface area contributed by atoms with Crippen LogP contribution < -0.4 is 5.32 Å². The Balaban J connectivity index is 1.82. The predicted octanol–water partition coefficient (Wildman–Crippen LogP) is 0.00200. The molecule has 2 aliphatic heterocycles. The zero-order chi connectivity index (χ0) is 6.97. The van der Waals surface area contributed by atoms with Crippen LogP contribution >= 0.6 is 0 Å². The highest BCUT2D eigenvalue weighted by Crippen LogP contribution is 2.16. The van der Waals surface area contributed by atoms with E-state index in [1.165, 1.54) is 0 Å². The molecule has 3 heteroatoms. The molecule has 0 spiro atoms. The maximum Gasteiger partial charge on any atom is 0.114 e. The summed E-state index contributed by atoms with van der Waals surface area (Å²) < 4.78 is 12.6. The van der Waals surface area contributed by atoms with Gasteiger partial charge in [0.15, 0.2) is 0 Å². The number of nitrogens with zero attached hydrogens (tertiary/aromatic N) is 1. The maximum absolute atomic E-state index is 12.6. The van der Waals surface area contributed by atoms with Gasteiger partial charge in [0.25, 0.3) is 0 Å². The quantitative estimate of drug-likeness (QED) is 0.557. The molecule has 2 fully saturated rings. The van der Waals surface area contributed by atoms with Crippen molar-refractivity contribution in [2.24, 2.45) is 0 Å². The fourth-order valence-corrected chi connectivity index (χ4v) is 1.61. The summed E-state index contributed by atoms with van der Waals surface area (Å²) in [6, 6.07) is 0.640. The summed E-state index contributed by atoms with van der Waals surface area (Å²) >= 11 is 0. The molecule has 2 aliphatic rings. The van der Waals surface area contributed by atoms with Crippen molar-refractivity contribution in [1.29, 1.82) is 0 Å². The van der Waals surface area contributed by atoms with Gasteiger partial charge in [-0.15, -0.1) is 0 Å². The molecule has 0 aromatic carbocycles. The fraction of sp³-hybridized carbons (Fsp3) is 1.00. The van der Waals surface area contributed by atoms with Gasteiger partial charge in [-0.3, -0.25) is 4.90 Å². The van der Waals surface area contributed by atoms with E-state index in [1.807, 2.05) is 0 Å². The van der Waals surface area contributed by atoms with Crippen molar-refractivity contribution in [2.45, 2.75) is 18.6 Å². The molecule has 1 atom stereocenters. The molecule has 0 radical (unpaired) electrons. The third-order valence-electron chi connectivity index (χ3n) is 2.44. The Hall–Kier alpha value is -0.150. The van der Waals surface area contributed by atoms with Crippen LogP contribution in [0.3, 0.4) is 0 Å². The Morgan fingerprint density at radius 1 is 1.40 bits per heavy atom. The van der Waals surface area contributed by atoms with E-state index in [2.05, 4.69) is 10.2 Å². The van der Waals surface area contributed by atoms with Crippen molar-refractivity contribution < 1.29 is 4.39 Å². The zero-order valence-corrected chi connectivity index (χ0v) is 6.02. The number of hydrogen-bond acceptors (Lipinski definition) is 2. The van der Waals surface area contributed by atoms with E-state index in [9.17, 15) is 4.39 Å². The SMILES string of the molecule is FC1CCN(C2CNC2)C1. The van der Waals surface area contributed by atoms with Gasteiger partial charge in [0.05, 0.1) is 0 Å². The van der Waals surface area contributed by atoms with Crippen molar-refractivity contribution in [2.75, 3.05) is 26.2 Å². The average Bonchev–Trinajstić information content (AvgIpc) is 2.10. The number of rotatable bonds is 1. The van der Waals surface area contributed by atoms with Gasteiger partial charge >= 0.3 is 0 Å². The monoisotopic (exact) mass is 144 g/mol. The largest absolute Gasteiger partial charge is 0.314 e. The summed E-state index contributed by atoms with van der Waals surface area (Å²) in [4.78, 5) is 2.25. The minimum Gasteiger partial charge on any atom is -0.314 e. The van der Waals surface area contributed by atoms with Crippen molar-refractivity contribution in [3.05, 3.63) is 0 Å². The van der Waals surface area contributed by atoms with Gasteiger partial charge in [-0.1, -0.05) is 0 Å². The Bertz CT molecular complexity index is 125. The second-order valence-electron chi connectivity index (χ2n) is 3.19. The van der Waals surface area contributed by atoms with Crippen molar-refractivity contribution >= 4 is 0 Å². The lowest BCUT2D eigenvalue weighted by Gasteiger charge is -2.35. The van der Waals surface area contributed by atoms with E-state index in [4.69, 9.17) is 0 Å². The second-order valence-corrected chi connectivity index (χ2v) is 3.19. The van der Waals surface area contributed by atoms with Crippen LogP contribution in [0.15, 0.2) is 0 Å². The summed E-state index contributed by atoms with van der Waals surface area (Å²) in [6.45, 7) is 3.76. The summed E-state index contributed by atoms with van der Waals surface area (Å²) in [5.41, 5.74) is 0. The van der Waals surface area contributed by atoms with Gasteiger partial charge in [0, 0.05) is 32.2 Å². The Kier molecular flexibility index (Phi) is 1.62. The molecule has 0 aromatic rings. The first-order valence-corrected chi connectivity index (χ1v) is 3.95. The van der Waals surface area contributed by atoms with E-state index in [0.717, 1.165) is 26.1 Å². The first kappa shape index (κ1) is 6.55. The lowest BCUT2D eigenvalue weighted by atomic mass is 10.1. The molecule has 2 nitrogen and oxygen atoms in total. The van der Waals surface area contributed by atoms with Crippen molar-refractivity contribution in [3.63, 3.8) is 0 Å². The first-order valence-electron chi connectivity index (χ1n) is 3.95. The van der Waals surface area contributed by atoms with Crippen LogP contribution in [-0.2, 0) is 0 Å². The minimum absolute atomic E-state index is 0.555. The van der Waals surface area contributed by atoms with Gasteiger partial charge in [-0.25, -0.2) is 4.39 Å². The molecule has 58 valence electrons. The smallest absolute Gasteiger partial charge is 0.114 e. The van der Waals surface area contributed by atoms with E-state index in [-0.39, 0.29) is 0 Å². The highest BCUT2D eigenvalue weighted by Gasteiger charge is 2.30. The van der Waals surface area contributed by atoms with Crippen molar-refractivity contribution in [3.8, 4) is 0 Å².